The van der Waals surface area contributed by atoms with Crippen molar-refractivity contribution in [3.8, 4) is 0 Å². The van der Waals surface area contributed by atoms with Crippen LogP contribution >= 0.6 is 0 Å². The number of aliphatic hydroxyl groups excluding tert-OH is 1. The van der Waals surface area contributed by atoms with Crippen molar-refractivity contribution in [2.75, 3.05) is 6.61 Å². The van der Waals surface area contributed by atoms with Crippen molar-refractivity contribution < 1.29 is 28.9 Å². The van der Waals surface area contributed by atoms with E-state index in [1.54, 1.807) is 0 Å². The highest BCUT2D eigenvalue weighted by Gasteiger charge is 2.49. The zero-order valence-corrected chi connectivity index (χ0v) is 18.8. The average Bonchev–Trinajstić information content (AvgIpc) is 3.31. The molecule has 1 N–H and O–H groups in total. The minimum atomic E-state index is -1.43. The van der Waals surface area contributed by atoms with Gasteiger partial charge in [-0.15, -0.1) is 0 Å². The van der Waals surface area contributed by atoms with E-state index in [0.29, 0.717) is 0 Å². The summed E-state index contributed by atoms with van der Waals surface area (Å²) in [6.07, 6.45) is 17.5. The Balaban J connectivity index is 1.35. The van der Waals surface area contributed by atoms with Crippen LogP contribution < -0.4 is 0 Å². The first-order valence-corrected chi connectivity index (χ1v) is 12.3. The molecule has 2 unspecified atom stereocenters. The summed E-state index contributed by atoms with van der Waals surface area (Å²) < 4.78 is 16.2. The van der Waals surface area contributed by atoms with Gasteiger partial charge in [0, 0.05) is 0 Å². The molecule has 30 heavy (non-hydrogen) atoms. The summed E-state index contributed by atoms with van der Waals surface area (Å²) in [6, 6.07) is 0. The molecule has 2 aliphatic heterocycles. The van der Waals surface area contributed by atoms with E-state index in [2.05, 4.69) is 6.92 Å². The Morgan fingerprint density at radius 1 is 0.800 bits per heavy atom. The molecule has 174 valence electrons. The highest BCUT2D eigenvalue weighted by Crippen LogP contribution is 2.26. The molecule has 4 atom stereocenters. The molecule has 2 saturated heterocycles. The molecule has 0 bridgehead atoms. The number of unbranched alkanes of at least 4 members (excludes halogenated alkanes) is 14. The molecule has 6 heteroatoms. The Labute approximate surface area is 182 Å². The van der Waals surface area contributed by atoms with Crippen molar-refractivity contribution >= 4 is 11.8 Å². The van der Waals surface area contributed by atoms with Crippen LogP contribution in [0.15, 0.2) is 0 Å². The van der Waals surface area contributed by atoms with E-state index in [-0.39, 0.29) is 12.9 Å². The summed E-state index contributed by atoms with van der Waals surface area (Å²) in [5.41, 5.74) is 0. The third kappa shape index (κ3) is 9.03. The van der Waals surface area contributed by atoms with Crippen LogP contribution in [-0.2, 0) is 23.8 Å². The van der Waals surface area contributed by atoms with Crippen LogP contribution in [-0.4, -0.2) is 48.1 Å². The van der Waals surface area contributed by atoms with Gasteiger partial charge in [0.25, 0.3) is 5.78 Å². The van der Waals surface area contributed by atoms with Gasteiger partial charge in [0.2, 0.25) is 0 Å². The fourth-order valence-electron chi connectivity index (χ4n) is 4.28. The Morgan fingerprint density at radius 3 is 1.77 bits per heavy atom. The number of aliphatic hydroxyl groups is 1. The van der Waals surface area contributed by atoms with E-state index in [9.17, 15) is 14.7 Å². The second-order valence-corrected chi connectivity index (χ2v) is 8.85. The number of hydrogen-bond acceptors (Lipinski definition) is 6. The maximum Gasteiger partial charge on any atom is 0.378 e. The summed E-state index contributed by atoms with van der Waals surface area (Å²) in [6.45, 7) is 2.51. The van der Waals surface area contributed by atoms with Crippen molar-refractivity contribution in [1.29, 1.82) is 0 Å². The van der Waals surface area contributed by atoms with Gasteiger partial charge < -0.3 is 19.3 Å². The lowest BCUT2D eigenvalue weighted by Crippen LogP contribution is -2.38. The monoisotopic (exact) mass is 426 g/mol. The average molecular weight is 427 g/mol. The van der Waals surface area contributed by atoms with Gasteiger partial charge in [0.05, 0.1) is 6.61 Å². The molecule has 0 aromatic heterocycles. The number of rotatable bonds is 17. The maximum atomic E-state index is 11.4. The number of cyclic esters (lactones) is 1. The lowest BCUT2D eigenvalue weighted by atomic mass is 10.0. The number of esters is 1. The van der Waals surface area contributed by atoms with Gasteiger partial charge in [-0.05, 0) is 12.8 Å². The van der Waals surface area contributed by atoms with E-state index in [1.165, 1.54) is 83.5 Å². The molecule has 6 nitrogen and oxygen atoms in total. The quantitative estimate of drug-likeness (QED) is 0.203. The summed E-state index contributed by atoms with van der Waals surface area (Å²) >= 11 is 0. The van der Waals surface area contributed by atoms with Gasteiger partial charge in [-0.2, -0.15) is 0 Å². The fourth-order valence-corrected chi connectivity index (χ4v) is 4.28. The summed E-state index contributed by atoms with van der Waals surface area (Å²) in [5, 5.41) is 9.76. The summed E-state index contributed by atoms with van der Waals surface area (Å²) in [5.74, 6) is -1.88. The largest absolute Gasteiger partial charge is 0.450 e. The van der Waals surface area contributed by atoms with E-state index < -0.39 is 30.1 Å². The van der Waals surface area contributed by atoms with Gasteiger partial charge in [-0.25, -0.2) is 4.79 Å². The van der Waals surface area contributed by atoms with Crippen molar-refractivity contribution in [2.24, 2.45) is 0 Å². The molecule has 2 rings (SSSR count). The normalized spacial score (nSPS) is 26.5. The van der Waals surface area contributed by atoms with Gasteiger partial charge in [-0.1, -0.05) is 96.8 Å². The third-order valence-corrected chi connectivity index (χ3v) is 6.21. The summed E-state index contributed by atoms with van der Waals surface area (Å²) in [4.78, 5) is 22.6. The zero-order chi connectivity index (χ0) is 21.6. The minimum Gasteiger partial charge on any atom is -0.450 e. The number of ketones is 1. The molecule has 0 radical (unpaired) electrons. The number of carbonyl (C=O) groups is 2. The van der Waals surface area contributed by atoms with Gasteiger partial charge in [0.1, 0.15) is 6.10 Å². The van der Waals surface area contributed by atoms with Gasteiger partial charge in [-0.3, -0.25) is 4.79 Å². The van der Waals surface area contributed by atoms with E-state index in [0.717, 1.165) is 19.3 Å². The third-order valence-electron chi connectivity index (χ3n) is 6.21. The van der Waals surface area contributed by atoms with Gasteiger partial charge in [0.15, 0.2) is 18.5 Å². The predicted molar refractivity (Wildman–Crippen MR) is 115 cm³/mol. The maximum absolute atomic E-state index is 11.4. The van der Waals surface area contributed by atoms with Crippen LogP contribution in [0, 0.1) is 0 Å². The highest BCUT2D eigenvalue weighted by atomic mass is 16.7. The standard InChI is InChI=1S/C24H42O6/c1-2-3-4-5-6-7-8-9-10-11-12-13-14-15-16-17-20-28-18-19(29-20)23-21(25)22(26)24(27)30-23/h19-21,23,25H,2-18H2,1H3/t19-,20?,21?,23+/m0/s1. The molecule has 0 aliphatic carbocycles. The highest BCUT2D eigenvalue weighted by molar-refractivity contribution is 6.37. The van der Waals surface area contributed by atoms with Crippen molar-refractivity contribution in [1.82, 2.24) is 0 Å². The number of carbonyl (C=O) groups excluding carboxylic acids is 2. The van der Waals surface area contributed by atoms with Crippen molar-refractivity contribution in [3.63, 3.8) is 0 Å². The number of ether oxygens (including phenoxy) is 3. The Hall–Kier alpha value is -0.980. The lowest BCUT2D eigenvalue weighted by Gasteiger charge is -2.18. The molecule has 0 amide bonds. The Morgan fingerprint density at radius 2 is 1.30 bits per heavy atom. The van der Waals surface area contributed by atoms with Crippen LogP contribution in [0.2, 0.25) is 0 Å². The first-order valence-electron chi connectivity index (χ1n) is 12.3. The van der Waals surface area contributed by atoms with Crippen molar-refractivity contribution in [3.05, 3.63) is 0 Å². The van der Waals surface area contributed by atoms with Crippen LogP contribution in [0.4, 0.5) is 0 Å². The first-order chi connectivity index (χ1) is 14.6. The topological polar surface area (TPSA) is 82.1 Å². The molecular weight excluding hydrogens is 384 g/mol. The zero-order valence-electron chi connectivity index (χ0n) is 18.8. The molecule has 0 saturated carbocycles. The lowest BCUT2D eigenvalue weighted by molar-refractivity contribution is -0.152. The second-order valence-electron chi connectivity index (χ2n) is 8.85. The molecule has 0 aromatic carbocycles. The summed E-state index contributed by atoms with van der Waals surface area (Å²) in [7, 11) is 0. The number of Topliss-reactive ketones (excluding diaryl/α,β-unsaturated/α-hetero) is 1. The van der Waals surface area contributed by atoms with E-state index >= 15 is 0 Å². The second kappa shape index (κ2) is 14.9. The number of hydrogen-bond donors (Lipinski definition) is 1. The smallest absolute Gasteiger partial charge is 0.378 e. The first kappa shape index (κ1) is 25.3. The minimum absolute atomic E-state index is 0.242. The predicted octanol–water partition coefficient (Wildman–Crippen LogP) is 4.84. The molecule has 2 fully saturated rings. The van der Waals surface area contributed by atoms with Gasteiger partial charge >= 0.3 is 5.97 Å². The van der Waals surface area contributed by atoms with Crippen LogP contribution in [0.5, 0.6) is 0 Å². The van der Waals surface area contributed by atoms with Crippen LogP contribution in [0.1, 0.15) is 110 Å². The SMILES string of the molecule is CCCCCCCCCCCCCCCCCC1OC[C@@H]([C@H]2OC(=O)C(=O)C2O)O1. The fraction of sp³-hybridized carbons (Fsp3) is 0.917. The molecular formula is C24H42O6. The molecule has 0 aromatic rings. The van der Waals surface area contributed by atoms with Crippen molar-refractivity contribution in [2.45, 2.75) is 134 Å². The van der Waals surface area contributed by atoms with Crippen LogP contribution in [0.3, 0.4) is 0 Å². The van der Waals surface area contributed by atoms with E-state index in [1.807, 2.05) is 0 Å². The van der Waals surface area contributed by atoms with Crippen LogP contribution in [0.25, 0.3) is 0 Å². The Kier molecular flexibility index (Phi) is 12.6. The molecule has 2 aliphatic rings. The molecule has 0 spiro atoms. The Bertz CT molecular complexity index is 494. The van der Waals surface area contributed by atoms with E-state index in [4.69, 9.17) is 14.2 Å². The molecule has 2 heterocycles.